The summed E-state index contributed by atoms with van der Waals surface area (Å²) in [6.07, 6.45) is 0. The Morgan fingerprint density at radius 2 is 1.95 bits per heavy atom. The molecule has 0 heterocycles. The zero-order valence-corrected chi connectivity index (χ0v) is 14.3. The predicted octanol–water partition coefficient (Wildman–Crippen LogP) is 2.27. The molecule has 0 aliphatic heterocycles. The van der Waals surface area contributed by atoms with E-state index in [0.717, 1.165) is 24.2 Å². The van der Waals surface area contributed by atoms with Crippen LogP contribution in [-0.4, -0.2) is 47.4 Å². The highest BCUT2D eigenvalue weighted by atomic mass is 35.5. The zero-order chi connectivity index (χ0) is 16.0. The molecule has 4 nitrogen and oxygen atoms in total. The predicted molar refractivity (Wildman–Crippen MR) is 91.6 cm³/mol. The maximum absolute atomic E-state index is 12.1. The van der Waals surface area contributed by atoms with E-state index < -0.39 is 0 Å². The molecule has 21 heavy (non-hydrogen) atoms. The number of nitrogens with zero attached hydrogens (tertiary/aromatic N) is 2. The van der Waals surface area contributed by atoms with Gasteiger partial charge in [0.1, 0.15) is 4.99 Å². The van der Waals surface area contributed by atoms with Crippen molar-refractivity contribution < 1.29 is 4.79 Å². The number of halogens is 1. The van der Waals surface area contributed by atoms with E-state index in [0.29, 0.717) is 23.1 Å². The Labute approximate surface area is 136 Å². The number of benzene rings is 1. The van der Waals surface area contributed by atoms with E-state index in [-0.39, 0.29) is 5.91 Å². The first-order valence-corrected chi connectivity index (χ1v) is 7.72. The third kappa shape index (κ3) is 5.26. The summed E-state index contributed by atoms with van der Waals surface area (Å²) in [5.74, 6) is 0.123. The topological polar surface area (TPSA) is 49.6 Å². The Kier molecular flexibility index (Phi) is 7.08. The van der Waals surface area contributed by atoms with Crippen LogP contribution in [0.15, 0.2) is 18.2 Å². The molecule has 0 saturated heterocycles. The second-order valence-corrected chi connectivity index (χ2v) is 5.76. The summed E-state index contributed by atoms with van der Waals surface area (Å²) in [5.41, 5.74) is 7.28. The molecule has 0 saturated carbocycles. The fourth-order valence-electron chi connectivity index (χ4n) is 2.08. The first-order chi connectivity index (χ1) is 9.88. The summed E-state index contributed by atoms with van der Waals surface area (Å²) in [6, 6.07) is 5.51. The molecule has 1 amide bonds. The average molecular weight is 328 g/mol. The van der Waals surface area contributed by atoms with Crippen molar-refractivity contribution >= 4 is 34.7 Å². The minimum Gasteiger partial charge on any atom is -0.389 e. The Balaban J connectivity index is 2.69. The van der Waals surface area contributed by atoms with Crippen molar-refractivity contribution in [2.75, 3.05) is 26.7 Å². The van der Waals surface area contributed by atoms with Crippen LogP contribution in [0.25, 0.3) is 0 Å². The van der Waals surface area contributed by atoms with Crippen LogP contribution in [0.2, 0.25) is 5.02 Å². The fraction of sp³-hybridized carbons (Fsp3) is 0.467. The summed E-state index contributed by atoms with van der Waals surface area (Å²) < 4.78 is 0. The number of amides is 1. The number of carbonyl (C=O) groups excluding carboxylic acids is 1. The van der Waals surface area contributed by atoms with Gasteiger partial charge < -0.3 is 10.6 Å². The van der Waals surface area contributed by atoms with Crippen LogP contribution in [0, 0.1) is 0 Å². The fourth-order valence-corrected chi connectivity index (χ4v) is 2.45. The molecular formula is C15H22ClN3OS. The van der Waals surface area contributed by atoms with Crippen LogP contribution >= 0.6 is 23.8 Å². The third-order valence-electron chi connectivity index (χ3n) is 3.30. The summed E-state index contributed by atoms with van der Waals surface area (Å²) in [7, 11) is 1.90. The van der Waals surface area contributed by atoms with Crippen LogP contribution < -0.4 is 5.73 Å². The van der Waals surface area contributed by atoms with Crippen molar-refractivity contribution in [3.8, 4) is 0 Å². The van der Waals surface area contributed by atoms with Gasteiger partial charge in [-0.05, 0) is 32.5 Å². The molecule has 0 unspecified atom stereocenters. The van der Waals surface area contributed by atoms with Crippen LogP contribution in [0.5, 0.6) is 0 Å². The van der Waals surface area contributed by atoms with Gasteiger partial charge >= 0.3 is 0 Å². The molecule has 0 aliphatic carbocycles. The molecule has 0 radical (unpaired) electrons. The lowest BCUT2D eigenvalue weighted by atomic mass is 10.1. The van der Waals surface area contributed by atoms with Gasteiger partial charge in [-0.3, -0.25) is 9.69 Å². The second-order valence-electron chi connectivity index (χ2n) is 4.91. The molecule has 1 aromatic carbocycles. The van der Waals surface area contributed by atoms with E-state index in [4.69, 9.17) is 29.6 Å². The summed E-state index contributed by atoms with van der Waals surface area (Å²) in [4.78, 5) is 16.1. The lowest BCUT2D eigenvalue weighted by molar-refractivity contribution is -0.131. The maximum atomic E-state index is 12.1. The molecule has 2 N–H and O–H groups in total. The molecule has 1 aromatic rings. The number of nitrogens with two attached hydrogens (primary N) is 1. The van der Waals surface area contributed by atoms with Crippen LogP contribution in [0.1, 0.15) is 25.0 Å². The first kappa shape index (κ1) is 17.9. The normalized spacial score (nSPS) is 10.7. The largest absolute Gasteiger partial charge is 0.389 e. The number of carbonyl (C=O) groups is 1. The van der Waals surface area contributed by atoms with Crippen molar-refractivity contribution in [3.05, 3.63) is 34.3 Å². The molecule has 0 bridgehead atoms. The molecule has 0 aromatic heterocycles. The van der Waals surface area contributed by atoms with Crippen LogP contribution in [-0.2, 0) is 11.3 Å². The Hall–Kier alpha value is -1.17. The molecule has 0 fully saturated rings. The van der Waals surface area contributed by atoms with E-state index in [1.165, 1.54) is 0 Å². The summed E-state index contributed by atoms with van der Waals surface area (Å²) in [6.45, 7) is 6.39. The molecule has 116 valence electrons. The number of rotatable bonds is 7. The SMILES string of the molecule is CCN(CC)C(=O)CN(C)Cc1ccc(C(N)=S)cc1Cl. The smallest absolute Gasteiger partial charge is 0.236 e. The Morgan fingerprint density at radius 3 is 2.43 bits per heavy atom. The average Bonchev–Trinajstić information content (AvgIpc) is 2.42. The van der Waals surface area contributed by atoms with Gasteiger partial charge in [0.25, 0.3) is 0 Å². The summed E-state index contributed by atoms with van der Waals surface area (Å²) in [5, 5.41) is 0.613. The minimum atomic E-state index is 0.123. The van der Waals surface area contributed by atoms with Crippen LogP contribution in [0.3, 0.4) is 0 Å². The Morgan fingerprint density at radius 1 is 1.33 bits per heavy atom. The van der Waals surface area contributed by atoms with E-state index in [2.05, 4.69) is 0 Å². The van der Waals surface area contributed by atoms with Crippen LogP contribution in [0.4, 0.5) is 0 Å². The quantitative estimate of drug-likeness (QED) is 0.781. The van der Waals surface area contributed by atoms with Crippen molar-refractivity contribution in [2.45, 2.75) is 20.4 Å². The highest BCUT2D eigenvalue weighted by Gasteiger charge is 2.13. The van der Waals surface area contributed by atoms with Gasteiger partial charge in [0.2, 0.25) is 5.91 Å². The third-order valence-corrected chi connectivity index (χ3v) is 3.89. The highest BCUT2D eigenvalue weighted by Crippen LogP contribution is 2.19. The minimum absolute atomic E-state index is 0.123. The summed E-state index contributed by atoms with van der Waals surface area (Å²) >= 11 is 11.2. The van der Waals surface area contributed by atoms with Gasteiger partial charge in [-0.1, -0.05) is 36.0 Å². The lowest BCUT2D eigenvalue weighted by Crippen LogP contribution is -2.38. The van der Waals surface area contributed by atoms with E-state index in [1.54, 1.807) is 6.07 Å². The monoisotopic (exact) mass is 327 g/mol. The van der Waals surface area contributed by atoms with Gasteiger partial charge in [0.05, 0.1) is 6.54 Å². The zero-order valence-electron chi connectivity index (χ0n) is 12.7. The number of likely N-dealkylation sites (N-methyl/N-ethyl adjacent to an activating group) is 2. The molecular weight excluding hydrogens is 306 g/mol. The number of hydrogen-bond acceptors (Lipinski definition) is 3. The number of hydrogen-bond donors (Lipinski definition) is 1. The molecule has 0 atom stereocenters. The second kappa shape index (κ2) is 8.32. The van der Waals surface area contributed by atoms with Gasteiger partial charge in [0, 0.05) is 30.2 Å². The van der Waals surface area contributed by atoms with Gasteiger partial charge in [-0.25, -0.2) is 0 Å². The van der Waals surface area contributed by atoms with Gasteiger partial charge in [0.15, 0.2) is 0 Å². The van der Waals surface area contributed by atoms with Gasteiger partial charge in [-0.15, -0.1) is 0 Å². The van der Waals surface area contributed by atoms with Crippen molar-refractivity contribution in [2.24, 2.45) is 5.73 Å². The first-order valence-electron chi connectivity index (χ1n) is 6.93. The molecule has 0 aliphatic rings. The van der Waals surface area contributed by atoms with E-state index in [1.807, 2.05) is 42.8 Å². The molecule has 0 spiro atoms. The highest BCUT2D eigenvalue weighted by molar-refractivity contribution is 7.80. The standard InChI is InChI=1S/C15H22ClN3OS/c1-4-19(5-2)14(20)10-18(3)9-12-7-6-11(15(17)21)8-13(12)16/h6-8H,4-5,9-10H2,1-3H3,(H2,17,21). The van der Waals surface area contributed by atoms with Crippen molar-refractivity contribution in [3.63, 3.8) is 0 Å². The van der Waals surface area contributed by atoms with Crippen molar-refractivity contribution in [1.29, 1.82) is 0 Å². The Bertz CT molecular complexity index is 518. The lowest BCUT2D eigenvalue weighted by Gasteiger charge is -2.23. The van der Waals surface area contributed by atoms with E-state index >= 15 is 0 Å². The number of thiocarbonyl (C=S) groups is 1. The maximum Gasteiger partial charge on any atom is 0.236 e. The molecule has 1 rings (SSSR count). The van der Waals surface area contributed by atoms with Crippen molar-refractivity contribution in [1.82, 2.24) is 9.80 Å². The van der Waals surface area contributed by atoms with Gasteiger partial charge in [-0.2, -0.15) is 0 Å². The molecule has 6 heteroatoms. The van der Waals surface area contributed by atoms with E-state index in [9.17, 15) is 4.79 Å².